The molecule has 1 aromatic rings. The normalized spacial score (nSPS) is 28.3. The van der Waals surface area contributed by atoms with Crippen LogP contribution in [0.3, 0.4) is 0 Å². The second-order valence-electron chi connectivity index (χ2n) is 6.83. The monoisotopic (exact) mass is 292 g/mol. The zero-order valence-electron chi connectivity index (χ0n) is 12.6. The van der Waals surface area contributed by atoms with Crippen LogP contribution < -0.4 is 4.90 Å². The Morgan fingerprint density at radius 1 is 1.40 bits per heavy atom. The Balaban J connectivity index is 1.70. The van der Waals surface area contributed by atoms with Gasteiger partial charge in [-0.15, -0.1) is 0 Å². The lowest BCUT2D eigenvalue weighted by Gasteiger charge is -2.26. The van der Waals surface area contributed by atoms with E-state index in [0.717, 1.165) is 46.3 Å². The van der Waals surface area contributed by atoms with Gasteiger partial charge in [0.25, 0.3) is 0 Å². The molecule has 0 radical (unpaired) electrons. The van der Waals surface area contributed by atoms with Gasteiger partial charge >= 0.3 is 0 Å². The molecule has 0 amide bonds. The first-order valence-electron chi connectivity index (χ1n) is 7.75. The smallest absolute Gasteiger partial charge is 0.185 e. The molecule has 0 aliphatic heterocycles. The van der Waals surface area contributed by atoms with Gasteiger partial charge in [0.1, 0.15) is 0 Å². The Kier molecular flexibility index (Phi) is 3.85. The van der Waals surface area contributed by atoms with Gasteiger partial charge < -0.3 is 4.90 Å². The molecule has 2 aliphatic rings. The van der Waals surface area contributed by atoms with Gasteiger partial charge in [-0.25, -0.2) is 4.98 Å². The Labute approximate surface area is 125 Å². The zero-order chi connectivity index (χ0) is 14.3. The number of aromatic nitrogens is 1. The lowest BCUT2D eigenvalue weighted by molar-refractivity contribution is 0.112. The number of carbonyl (C=O) groups is 1. The first-order valence-corrected chi connectivity index (χ1v) is 8.57. The van der Waals surface area contributed by atoms with Gasteiger partial charge in [0.15, 0.2) is 11.4 Å². The third-order valence-corrected chi connectivity index (χ3v) is 6.15. The summed E-state index contributed by atoms with van der Waals surface area (Å²) < 4.78 is 0. The van der Waals surface area contributed by atoms with E-state index < -0.39 is 0 Å². The summed E-state index contributed by atoms with van der Waals surface area (Å²) in [6.45, 7) is 5.30. The second kappa shape index (κ2) is 5.47. The van der Waals surface area contributed by atoms with Gasteiger partial charge in [-0.3, -0.25) is 4.79 Å². The standard InChI is InChI=1S/C16H24N2OS/c1-10(2)15-14(9-19)20-16(17-15)18(3)8-13-7-11-4-5-12(13)6-11/h9-13H,4-8H2,1-3H3. The molecule has 3 nitrogen and oxygen atoms in total. The van der Waals surface area contributed by atoms with Crippen molar-refractivity contribution in [2.45, 2.75) is 45.4 Å². The molecule has 0 saturated heterocycles. The molecule has 20 heavy (non-hydrogen) atoms. The van der Waals surface area contributed by atoms with Crippen LogP contribution in [-0.4, -0.2) is 24.9 Å². The van der Waals surface area contributed by atoms with Gasteiger partial charge in [-0.1, -0.05) is 31.6 Å². The van der Waals surface area contributed by atoms with Gasteiger partial charge in [0.2, 0.25) is 0 Å². The predicted octanol–water partition coefficient (Wildman–Crippen LogP) is 3.95. The van der Waals surface area contributed by atoms with E-state index in [2.05, 4.69) is 25.8 Å². The third-order valence-electron chi connectivity index (χ3n) is 5.04. The van der Waals surface area contributed by atoms with E-state index in [0.29, 0.717) is 5.92 Å². The highest BCUT2D eigenvalue weighted by Gasteiger charge is 2.39. The van der Waals surface area contributed by atoms with Crippen LogP contribution in [0.15, 0.2) is 0 Å². The molecule has 2 saturated carbocycles. The van der Waals surface area contributed by atoms with Crippen molar-refractivity contribution < 1.29 is 4.79 Å². The van der Waals surface area contributed by atoms with Crippen molar-refractivity contribution in [3.8, 4) is 0 Å². The molecule has 3 atom stereocenters. The van der Waals surface area contributed by atoms with E-state index in [1.807, 2.05) is 0 Å². The van der Waals surface area contributed by atoms with E-state index in [1.165, 1.54) is 25.7 Å². The maximum atomic E-state index is 11.2. The molecular weight excluding hydrogens is 268 g/mol. The predicted molar refractivity (Wildman–Crippen MR) is 83.8 cm³/mol. The van der Waals surface area contributed by atoms with Crippen LogP contribution in [0, 0.1) is 17.8 Å². The van der Waals surface area contributed by atoms with Gasteiger partial charge in [-0.2, -0.15) is 0 Å². The summed E-state index contributed by atoms with van der Waals surface area (Å²) in [5.41, 5.74) is 0.958. The number of rotatable bonds is 5. The van der Waals surface area contributed by atoms with Crippen LogP contribution in [-0.2, 0) is 0 Å². The van der Waals surface area contributed by atoms with Crippen molar-refractivity contribution in [1.82, 2.24) is 4.98 Å². The van der Waals surface area contributed by atoms with Crippen molar-refractivity contribution in [2.75, 3.05) is 18.5 Å². The van der Waals surface area contributed by atoms with Gasteiger partial charge in [0, 0.05) is 13.6 Å². The number of aldehydes is 1. The molecule has 0 spiro atoms. The van der Waals surface area contributed by atoms with Crippen molar-refractivity contribution in [3.05, 3.63) is 10.6 Å². The van der Waals surface area contributed by atoms with E-state index in [4.69, 9.17) is 4.98 Å². The topological polar surface area (TPSA) is 33.2 Å². The third kappa shape index (κ3) is 2.50. The van der Waals surface area contributed by atoms with Crippen LogP contribution in [0.5, 0.6) is 0 Å². The minimum absolute atomic E-state index is 0.316. The van der Waals surface area contributed by atoms with Crippen LogP contribution in [0.4, 0.5) is 5.13 Å². The fraction of sp³-hybridized carbons (Fsp3) is 0.750. The molecule has 2 fully saturated rings. The number of anilines is 1. The van der Waals surface area contributed by atoms with E-state index in [9.17, 15) is 4.79 Å². The minimum atomic E-state index is 0.316. The Hall–Kier alpha value is -0.900. The zero-order valence-corrected chi connectivity index (χ0v) is 13.4. The van der Waals surface area contributed by atoms with Crippen LogP contribution in [0.1, 0.15) is 60.8 Å². The quantitative estimate of drug-likeness (QED) is 0.770. The number of nitrogens with zero attached hydrogens (tertiary/aromatic N) is 2. The summed E-state index contributed by atoms with van der Waals surface area (Å²) >= 11 is 1.55. The molecule has 1 aromatic heterocycles. The van der Waals surface area contributed by atoms with Crippen molar-refractivity contribution in [3.63, 3.8) is 0 Å². The highest BCUT2D eigenvalue weighted by Crippen LogP contribution is 2.48. The number of fused-ring (bicyclic) bond motifs is 2. The van der Waals surface area contributed by atoms with E-state index in [-0.39, 0.29) is 0 Å². The highest BCUT2D eigenvalue weighted by atomic mass is 32.1. The lowest BCUT2D eigenvalue weighted by Crippen LogP contribution is -2.28. The Morgan fingerprint density at radius 2 is 2.20 bits per heavy atom. The highest BCUT2D eigenvalue weighted by molar-refractivity contribution is 7.17. The molecule has 1 heterocycles. The molecular formula is C16H24N2OS. The number of thiazole rings is 1. The summed E-state index contributed by atoms with van der Waals surface area (Å²) in [7, 11) is 2.13. The Bertz CT molecular complexity index is 497. The van der Waals surface area contributed by atoms with E-state index >= 15 is 0 Å². The SMILES string of the molecule is CC(C)c1nc(N(C)CC2CC3CCC2C3)sc1C=O. The number of hydrogen-bond donors (Lipinski definition) is 0. The Morgan fingerprint density at radius 3 is 2.70 bits per heavy atom. The fourth-order valence-corrected chi connectivity index (χ4v) is 5.03. The second-order valence-corrected chi connectivity index (χ2v) is 7.84. The van der Waals surface area contributed by atoms with Crippen molar-refractivity contribution in [2.24, 2.45) is 17.8 Å². The maximum absolute atomic E-state index is 11.2. The summed E-state index contributed by atoms with van der Waals surface area (Å²) in [6, 6.07) is 0. The molecule has 3 unspecified atom stereocenters. The average Bonchev–Trinajstić information content (AvgIpc) is 3.12. The van der Waals surface area contributed by atoms with Crippen molar-refractivity contribution >= 4 is 22.8 Å². The summed E-state index contributed by atoms with van der Waals surface area (Å²) in [4.78, 5) is 18.9. The molecule has 3 rings (SSSR count). The van der Waals surface area contributed by atoms with Gasteiger partial charge in [-0.05, 0) is 42.9 Å². The number of hydrogen-bond acceptors (Lipinski definition) is 4. The van der Waals surface area contributed by atoms with Crippen LogP contribution in [0.2, 0.25) is 0 Å². The first-order chi connectivity index (χ1) is 9.58. The average molecular weight is 292 g/mol. The van der Waals surface area contributed by atoms with Crippen LogP contribution in [0.25, 0.3) is 0 Å². The number of carbonyl (C=O) groups excluding carboxylic acids is 1. The van der Waals surface area contributed by atoms with Gasteiger partial charge in [0.05, 0.1) is 10.6 Å². The fourth-order valence-electron chi connectivity index (χ4n) is 4.02. The minimum Gasteiger partial charge on any atom is -0.351 e. The van der Waals surface area contributed by atoms with E-state index in [1.54, 1.807) is 11.3 Å². The molecule has 2 aliphatic carbocycles. The summed E-state index contributed by atoms with van der Waals surface area (Å²) in [5, 5.41) is 1.01. The summed E-state index contributed by atoms with van der Waals surface area (Å²) in [6.07, 6.45) is 6.69. The molecule has 0 aromatic carbocycles. The molecule has 4 heteroatoms. The molecule has 110 valence electrons. The summed E-state index contributed by atoms with van der Waals surface area (Å²) in [5.74, 6) is 3.09. The first kappa shape index (κ1) is 14.1. The van der Waals surface area contributed by atoms with Crippen molar-refractivity contribution in [1.29, 1.82) is 0 Å². The van der Waals surface area contributed by atoms with Crippen LogP contribution >= 0.6 is 11.3 Å². The molecule has 2 bridgehead atoms. The lowest BCUT2D eigenvalue weighted by atomic mass is 9.88. The largest absolute Gasteiger partial charge is 0.351 e. The molecule has 0 N–H and O–H groups in total. The maximum Gasteiger partial charge on any atom is 0.185 e.